The average Bonchev–Trinajstić information content (AvgIpc) is 3.29. The van der Waals surface area contributed by atoms with Gasteiger partial charge in [-0.25, -0.2) is 0 Å². The summed E-state index contributed by atoms with van der Waals surface area (Å²) in [6, 6.07) is -0.705. The number of aliphatic hydroxyl groups is 2. The second-order valence-corrected chi connectivity index (χ2v) is 19.7. The lowest BCUT2D eigenvalue weighted by Crippen LogP contribution is -2.46. The van der Waals surface area contributed by atoms with Gasteiger partial charge in [-0.15, -0.1) is 0 Å². The number of amides is 1. The summed E-state index contributed by atoms with van der Waals surface area (Å²) in [5.74, 6) is -0.484. The van der Waals surface area contributed by atoms with E-state index >= 15 is 0 Å². The number of hydrogen-bond donors (Lipinski definition) is 3. The third kappa shape index (κ3) is 46.9. The zero-order valence-electron chi connectivity index (χ0n) is 43.2. The summed E-state index contributed by atoms with van der Waals surface area (Å²) in [7, 11) is 0. The topological polar surface area (TPSA) is 95.9 Å². The van der Waals surface area contributed by atoms with Crippen LogP contribution in [-0.2, 0) is 14.3 Å². The highest BCUT2D eigenvalue weighted by Crippen LogP contribution is 2.18. The monoisotopic (exact) mass is 902 g/mol. The summed E-state index contributed by atoms with van der Waals surface area (Å²) in [5, 5.41) is 23.9. The molecule has 3 atom stereocenters. The Hall–Kier alpha value is -1.66. The molecule has 0 heterocycles. The SMILES string of the molecule is CCCCC/C=C\CCCCCCCC(=O)OC(CCCCC/C=C/CCCCCCCCCCC)CC(=O)NC(CO)C(O)CCCCCCCCCCCCCCCCCCC. The quantitative estimate of drug-likeness (QED) is 0.0321. The van der Waals surface area contributed by atoms with Gasteiger partial charge in [-0.05, 0) is 77.0 Å². The van der Waals surface area contributed by atoms with E-state index in [4.69, 9.17) is 4.74 Å². The lowest BCUT2D eigenvalue weighted by Gasteiger charge is -2.24. The van der Waals surface area contributed by atoms with Gasteiger partial charge in [-0.1, -0.05) is 244 Å². The summed E-state index contributed by atoms with van der Waals surface area (Å²) in [6.45, 7) is 6.49. The number of hydrogen-bond acceptors (Lipinski definition) is 5. The van der Waals surface area contributed by atoms with Crippen LogP contribution in [0.1, 0.15) is 310 Å². The second-order valence-electron chi connectivity index (χ2n) is 19.7. The van der Waals surface area contributed by atoms with Crippen LogP contribution in [0.25, 0.3) is 0 Å². The third-order valence-electron chi connectivity index (χ3n) is 13.3. The first kappa shape index (κ1) is 62.3. The predicted octanol–water partition coefficient (Wildman–Crippen LogP) is 17.5. The highest BCUT2D eigenvalue weighted by atomic mass is 16.5. The molecular weight excluding hydrogens is 791 g/mol. The Morgan fingerprint density at radius 3 is 1.16 bits per heavy atom. The lowest BCUT2D eigenvalue weighted by molar-refractivity contribution is -0.151. The van der Waals surface area contributed by atoms with Crippen molar-refractivity contribution in [3.05, 3.63) is 24.3 Å². The summed E-state index contributed by atoms with van der Waals surface area (Å²) >= 11 is 0. The van der Waals surface area contributed by atoms with Crippen molar-refractivity contribution in [2.75, 3.05) is 6.61 Å². The van der Waals surface area contributed by atoms with E-state index in [9.17, 15) is 19.8 Å². The maximum atomic E-state index is 13.2. The fraction of sp³-hybridized carbons (Fsp3) is 0.897. The van der Waals surface area contributed by atoms with Crippen LogP contribution in [0.4, 0.5) is 0 Å². The first-order valence-corrected chi connectivity index (χ1v) is 28.6. The fourth-order valence-electron chi connectivity index (χ4n) is 8.89. The molecule has 0 bridgehead atoms. The Balaban J connectivity index is 4.52. The van der Waals surface area contributed by atoms with Crippen molar-refractivity contribution in [3.8, 4) is 0 Å². The van der Waals surface area contributed by atoms with Crippen LogP contribution in [0.2, 0.25) is 0 Å². The summed E-state index contributed by atoms with van der Waals surface area (Å²) in [4.78, 5) is 26.2. The number of rotatable bonds is 52. The highest BCUT2D eigenvalue weighted by molar-refractivity contribution is 5.77. The molecule has 0 saturated heterocycles. The van der Waals surface area contributed by atoms with E-state index < -0.39 is 18.2 Å². The largest absolute Gasteiger partial charge is 0.462 e. The van der Waals surface area contributed by atoms with Crippen molar-refractivity contribution in [1.29, 1.82) is 0 Å². The number of esters is 1. The number of carbonyl (C=O) groups is 2. The molecule has 0 rings (SSSR count). The minimum Gasteiger partial charge on any atom is -0.462 e. The van der Waals surface area contributed by atoms with Gasteiger partial charge in [0.05, 0.1) is 25.2 Å². The number of allylic oxidation sites excluding steroid dienone is 4. The molecular formula is C58H111NO5. The zero-order chi connectivity index (χ0) is 46.7. The van der Waals surface area contributed by atoms with Crippen LogP contribution in [0.15, 0.2) is 24.3 Å². The maximum absolute atomic E-state index is 13.2. The van der Waals surface area contributed by atoms with Crippen molar-refractivity contribution >= 4 is 11.9 Å². The molecule has 0 radical (unpaired) electrons. The number of ether oxygens (including phenoxy) is 1. The van der Waals surface area contributed by atoms with Crippen LogP contribution < -0.4 is 5.32 Å². The molecule has 0 spiro atoms. The molecule has 64 heavy (non-hydrogen) atoms. The molecule has 0 aromatic heterocycles. The predicted molar refractivity (Wildman–Crippen MR) is 278 cm³/mol. The Bertz CT molecular complexity index is 1010. The van der Waals surface area contributed by atoms with E-state index in [1.165, 1.54) is 199 Å². The molecule has 0 aromatic rings. The fourth-order valence-corrected chi connectivity index (χ4v) is 8.89. The number of nitrogens with one attached hydrogen (secondary N) is 1. The standard InChI is InChI=1S/C58H111NO5/c1-4-7-10-13-16-19-22-25-27-29-31-33-35-38-41-44-47-50-56(61)55(53-60)59-57(62)52-54(64-58(63)51-48-45-42-39-36-24-21-18-15-12-9-6-3)49-46-43-40-37-34-32-30-28-26-23-20-17-14-11-8-5-2/h18,21,32,34,54-56,60-61H,4-17,19-20,22-31,33,35-53H2,1-3H3,(H,59,62)/b21-18-,34-32+. The Morgan fingerprint density at radius 2 is 0.750 bits per heavy atom. The maximum Gasteiger partial charge on any atom is 0.306 e. The minimum absolute atomic E-state index is 0.0681. The normalized spacial score (nSPS) is 13.3. The van der Waals surface area contributed by atoms with Gasteiger partial charge < -0.3 is 20.3 Å². The van der Waals surface area contributed by atoms with Gasteiger partial charge in [0.2, 0.25) is 5.91 Å². The third-order valence-corrected chi connectivity index (χ3v) is 13.3. The van der Waals surface area contributed by atoms with Gasteiger partial charge in [0.1, 0.15) is 6.10 Å². The molecule has 6 nitrogen and oxygen atoms in total. The molecule has 0 aliphatic heterocycles. The Kier molecular flexibility index (Phi) is 51.0. The van der Waals surface area contributed by atoms with Crippen molar-refractivity contribution < 1.29 is 24.5 Å². The molecule has 0 aliphatic rings. The van der Waals surface area contributed by atoms with E-state index in [0.29, 0.717) is 19.3 Å². The molecule has 3 N–H and O–H groups in total. The molecule has 3 unspecified atom stereocenters. The van der Waals surface area contributed by atoms with Gasteiger partial charge in [0, 0.05) is 6.42 Å². The van der Waals surface area contributed by atoms with E-state index in [2.05, 4.69) is 50.4 Å². The molecule has 0 saturated carbocycles. The molecule has 1 amide bonds. The van der Waals surface area contributed by atoms with Gasteiger partial charge in [-0.2, -0.15) is 0 Å². The van der Waals surface area contributed by atoms with Crippen LogP contribution in [-0.4, -0.2) is 46.9 Å². The first-order valence-electron chi connectivity index (χ1n) is 28.6. The van der Waals surface area contributed by atoms with Crippen molar-refractivity contribution in [2.24, 2.45) is 0 Å². The van der Waals surface area contributed by atoms with Crippen LogP contribution >= 0.6 is 0 Å². The van der Waals surface area contributed by atoms with E-state index in [-0.39, 0.29) is 24.9 Å². The summed E-state index contributed by atoms with van der Waals surface area (Å²) < 4.78 is 5.94. The van der Waals surface area contributed by atoms with E-state index in [0.717, 1.165) is 64.2 Å². The van der Waals surface area contributed by atoms with Crippen LogP contribution in [0, 0.1) is 0 Å². The lowest BCUT2D eigenvalue weighted by atomic mass is 10.0. The van der Waals surface area contributed by atoms with Crippen LogP contribution in [0.5, 0.6) is 0 Å². The zero-order valence-corrected chi connectivity index (χ0v) is 43.2. The van der Waals surface area contributed by atoms with Gasteiger partial charge in [0.25, 0.3) is 0 Å². The Labute approximate surface area is 399 Å². The Morgan fingerprint density at radius 1 is 0.438 bits per heavy atom. The smallest absolute Gasteiger partial charge is 0.306 e. The number of unbranched alkanes of at least 4 members (excludes halogenated alkanes) is 36. The minimum atomic E-state index is -0.790. The van der Waals surface area contributed by atoms with Crippen LogP contribution in [0.3, 0.4) is 0 Å². The number of carbonyl (C=O) groups excluding carboxylic acids is 2. The van der Waals surface area contributed by atoms with E-state index in [1.54, 1.807) is 0 Å². The molecule has 0 fully saturated rings. The molecule has 0 aliphatic carbocycles. The molecule has 0 aromatic carbocycles. The highest BCUT2D eigenvalue weighted by Gasteiger charge is 2.24. The molecule has 378 valence electrons. The first-order chi connectivity index (χ1) is 31.5. The molecule has 6 heteroatoms. The summed E-state index contributed by atoms with van der Waals surface area (Å²) in [5.41, 5.74) is 0. The van der Waals surface area contributed by atoms with E-state index in [1.807, 2.05) is 0 Å². The van der Waals surface area contributed by atoms with Gasteiger partial charge >= 0.3 is 5.97 Å². The van der Waals surface area contributed by atoms with Gasteiger partial charge in [0.15, 0.2) is 0 Å². The second kappa shape index (κ2) is 52.3. The van der Waals surface area contributed by atoms with Gasteiger partial charge in [-0.3, -0.25) is 9.59 Å². The van der Waals surface area contributed by atoms with Crippen molar-refractivity contribution in [1.82, 2.24) is 5.32 Å². The summed E-state index contributed by atoms with van der Waals surface area (Å²) in [6.07, 6.45) is 61.0. The van der Waals surface area contributed by atoms with Crippen molar-refractivity contribution in [2.45, 2.75) is 328 Å². The van der Waals surface area contributed by atoms with Crippen molar-refractivity contribution in [3.63, 3.8) is 0 Å². The number of aliphatic hydroxyl groups excluding tert-OH is 2. The average molecular weight is 903 g/mol.